The van der Waals surface area contributed by atoms with Gasteiger partial charge in [-0.05, 0) is 40.5 Å². The smallest absolute Gasteiger partial charge is 0.213 e. The Morgan fingerprint density at radius 2 is 2.40 bits per heavy atom. The predicted octanol–water partition coefficient (Wildman–Crippen LogP) is 3.32. The average molecular weight is 268 g/mol. The zero-order valence-corrected chi connectivity index (χ0v) is 9.82. The zero-order valence-electron chi connectivity index (χ0n) is 8.24. The maximum Gasteiger partial charge on any atom is 0.213 e. The molecule has 0 radical (unpaired) electrons. The molecule has 0 aliphatic carbocycles. The van der Waals surface area contributed by atoms with Gasteiger partial charge in [0.15, 0.2) is 0 Å². The van der Waals surface area contributed by atoms with E-state index in [0.717, 1.165) is 15.8 Å². The number of furan rings is 1. The minimum Gasteiger partial charge on any atom is -0.469 e. The van der Waals surface area contributed by atoms with Crippen LogP contribution in [0.1, 0.15) is 11.3 Å². The van der Waals surface area contributed by atoms with E-state index in [4.69, 9.17) is 9.15 Å². The van der Waals surface area contributed by atoms with E-state index < -0.39 is 0 Å². The standard InChI is InChI=1S/C11H10BrNO2/c1-8-5-11(13-6-10(8)12)15-7-9-3-2-4-14-9/h2-6H,7H2,1H3. The monoisotopic (exact) mass is 267 g/mol. The minimum absolute atomic E-state index is 0.404. The minimum atomic E-state index is 0.404. The third-order valence-corrected chi connectivity index (χ3v) is 2.79. The van der Waals surface area contributed by atoms with Crippen LogP contribution < -0.4 is 4.74 Å². The van der Waals surface area contributed by atoms with Gasteiger partial charge in [-0.15, -0.1) is 0 Å². The Kier molecular flexibility index (Phi) is 3.06. The molecule has 4 heteroatoms. The lowest BCUT2D eigenvalue weighted by atomic mass is 10.3. The fourth-order valence-electron chi connectivity index (χ4n) is 1.13. The number of ether oxygens (including phenoxy) is 1. The molecular weight excluding hydrogens is 258 g/mol. The van der Waals surface area contributed by atoms with Gasteiger partial charge in [-0.1, -0.05) is 0 Å². The number of halogens is 1. The molecular formula is C11H10BrNO2. The number of nitrogens with zero attached hydrogens (tertiary/aromatic N) is 1. The first-order valence-electron chi connectivity index (χ1n) is 4.53. The van der Waals surface area contributed by atoms with Gasteiger partial charge in [0.1, 0.15) is 12.4 Å². The second-order valence-corrected chi connectivity index (χ2v) is 3.99. The van der Waals surface area contributed by atoms with Crippen LogP contribution in [-0.2, 0) is 6.61 Å². The normalized spacial score (nSPS) is 10.3. The molecule has 0 saturated heterocycles. The second kappa shape index (κ2) is 4.49. The summed E-state index contributed by atoms with van der Waals surface area (Å²) in [7, 11) is 0. The summed E-state index contributed by atoms with van der Waals surface area (Å²) in [5, 5.41) is 0. The SMILES string of the molecule is Cc1cc(OCc2ccco2)ncc1Br. The van der Waals surface area contributed by atoms with Crippen molar-refractivity contribution in [3.63, 3.8) is 0 Å². The molecule has 3 nitrogen and oxygen atoms in total. The zero-order chi connectivity index (χ0) is 10.7. The molecule has 2 aromatic heterocycles. The summed E-state index contributed by atoms with van der Waals surface area (Å²) in [6.07, 6.45) is 3.35. The number of aromatic nitrogens is 1. The van der Waals surface area contributed by atoms with Crippen molar-refractivity contribution in [2.24, 2.45) is 0 Å². The Balaban J connectivity index is 2.02. The lowest BCUT2D eigenvalue weighted by Crippen LogP contribution is -1.96. The van der Waals surface area contributed by atoms with E-state index in [9.17, 15) is 0 Å². The van der Waals surface area contributed by atoms with Crippen molar-refractivity contribution in [1.29, 1.82) is 0 Å². The maximum absolute atomic E-state index is 5.46. The van der Waals surface area contributed by atoms with Crippen molar-refractivity contribution < 1.29 is 9.15 Å². The molecule has 0 N–H and O–H groups in total. The first-order chi connectivity index (χ1) is 7.25. The van der Waals surface area contributed by atoms with Crippen molar-refractivity contribution in [2.75, 3.05) is 0 Å². The predicted molar refractivity (Wildman–Crippen MR) is 59.7 cm³/mol. The summed E-state index contributed by atoms with van der Waals surface area (Å²) in [5.74, 6) is 1.39. The number of pyridine rings is 1. The molecule has 2 rings (SSSR count). The van der Waals surface area contributed by atoms with Gasteiger partial charge in [0.25, 0.3) is 0 Å². The van der Waals surface area contributed by atoms with Crippen molar-refractivity contribution in [1.82, 2.24) is 4.98 Å². The summed E-state index contributed by atoms with van der Waals surface area (Å²) < 4.78 is 11.6. The fourth-order valence-corrected chi connectivity index (χ4v) is 1.35. The molecule has 0 aliphatic heterocycles. The summed E-state index contributed by atoms with van der Waals surface area (Å²) >= 11 is 3.38. The van der Waals surface area contributed by atoms with E-state index in [1.165, 1.54) is 0 Å². The van der Waals surface area contributed by atoms with Crippen LogP contribution in [0.15, 0.2) is 39.5 Å². The van der Waals surface area contributed by atoms with Crippen LogP contribution in [0.5, 0.6) is 5.88 Å². The van der Waals surface area contributed by atoms with Crippen LogP contribution in [0.4, 0.5) is 0 Å². The third-order valence-electron chi connectivity index (χ3n) is 1.96. The molecule has 0 atom stereocenters. The first-order valence-corrected chi connectivity index (χ1v) is 5.32. The quantitative estimate of drug-likeness (QED) is 0.856. The highest BCUT2D eigenvalue weighted by atomic mass is 79.9. The third kappa shape index (κ3) is 2.59. The van der Waals surface area contributed by atoms with E-state index in [2.05, 4.69) is 20.9 Å². The number of aryl methyl sites for hydroxylation is 1. The first kappa shape index (κ1) is 10.2. The maximum atomic E-state index is 5.46. The molecule has 0 saturated carbocycles. The summed E-state index contributed by atoms with van der Waals surface area (Å²) in [5.41, 5.74) is 1.10. The molecule has 0 aliphatic rings. The van der Waals surface area contributed by atoms with E-state index in [1.54, 1.807) is 12.5 Å². The Morgan fingerprint density at radius 1 is 1.53 bits per heavy atom. The van der Waals surface area contributed by atoms with Crippen LogP contribution in [0.25, 0.3) is 0 Å². The van der Waals surface area contributed by atoms with E-state index in [-0.39, 0.29) is 0 Å². The molecule has 0 spiro atoms. The van der Waals surface area contributed by atoms with Crippen LogP contribution in [-0.4, -0.2) is 4.98 Å². The highest BCUT2D eigenvalue weighted by Crippen LogP contribution is 2.19. The van der Waals surface area contributed by atoms with Crippen LogP contribution in [0, 0.1) is 6.92 Å². The summed E-state index contributed by atoms with van der Waals surface area (Å²) in [6, 6.07) is 5.58. The van der Waals surface area contributed by atoms with Gasteiger partial charge in [0, 0.05) is 16.7 Å². The highest BCUT2D eigenvalue weighted by Gasteiger charge is 2.01. The second-order valence-electron chi connectivity index (χ2n) is 3.14. The largest absolute Gasteiger partial charge is 0.469 e. The lowest BCUT2D eigenvalue weighted by molar-refractivity contribution is 0.260. The van der Waals surface area contributed by atoms with Gasteiger partial charge >= 0.3 is 0 Å². The Morgan fingerprint density at radius 3 is 3.07 bits per heavy atom. The highest BCUT2D eigenvalue weighted by molar-refractivity contribution is 9.10. The molecule has 2 heterocycles. The Bertz CT molecular complexity index is 440. The molecule has 0 unspecified atom stereocenters. The van der Waals surface area contributed by atoms with Crippen molar-refractivity contribution in [3.05, 3.63) is 46.5 Å². The molecule has 78 valence electrons. The van der Waals surface area contributed by atoms with E-state index in [0.29, 0.717) is 12.5 Å². The van der Waals surface area contributed by atoms with Crippen LogP contribution in [0.2, 0.25) is 0 Å². The lowest BCUT2D eigenvalue weighted by Gasteiger charge is -2.04. The van der Waals surface area contributed by atoms with Gasteiger partial charge in [-0.2, -0.15) is 0 Å². The number of hydrogen-bond acceptors (Lipinski definition) is 3. The molecule has 0 amide bonds. The molecule has 0 aromatic carbocycles. The van der Waals surface area contributed by atoms with Crippen LogP contribution >= 0.6 is 15.9 Å². The summed E-state index contributed by atoms with van der Waals surface area (Å²) in [6.45, 7) is 2.40. The molecule has 2 aromatic rings. The fraction of sp³-hybridized carbons (Fsp3) is 0.182. The van der Waals surface area contributed by atoms with Gasteiger partial charge < -0.3 is 9.15 Å². The molecule has 15 heavy (non-hydrogen) atoms. The van der Waals surface area contributed by atoms with Crippen LogP contribution in [0.3, 0.4) is 0 Å². The number of hydrogen-bond donors (Lipinski definition) is 0. The molecule has 0 bridgehead atoms. The van der Waals surface area contributed by atoms with Gasteiger partial charge in [0.05, 0.1) is 6.26 Å². The van der Waals surface area contributed by atoms with Crippen molar-refractivity contribution >= 4 is 15.9 Å². The topological polar surface area (TPSA) is 35.3 Å². The molecule has 0 fully saturated rings. The van der Waals surface area contributed by atoms with Crippen molar-refractivity contribution in [3.8, 4) is 5.88 Å². The van der Waals surface area contributed by atoms with Gasteiger partial charge in [-0.25, -0.2) is 4.98 Å². The average Bonchev–Trinajstić information content (AvgIpc) is 2.73. The van der Waals surface area contributed by atoms with E-state index >= 15 is 0 Å². The van der Waals surface area contributed by atoms with Crippen molar-refractivity contribution in [2.45, 2.75) is 13.5 Å². The Labute approximate surface area is 96.2 Å². The van der Waals surface area contributed by atoms with Gasteiger partial charge in [0.2, 0.25) is 5.88 Å². The number of rotatable bonds is 3. The Hall–Kier alpha value is -1.29. The van der Waals surface area contributed by atoms with E-state index in [1.807, 2.05) is 25.1 Å². The summed E-state index contributed by atoms with van der Waals surface area (Å²) in [4.78, 5) is 4.13. The van der Waals surface area contributed by atoms with Gasteiger partial charge in [-0.3, -0.25) is 0 Å².